The van der Waals surface area contributed by atoms with Gasteiger partial charge < -0.3 is 14.9 Å². The van der Waals surface area contributed by atoms with Crippen LogP contribution in [0.1, 0.15) is 29.8 Å². The maximum atomic E-state index is 11.5. The lowest BCUT2D eigenvalue weighted by Crippen LogP contribution is -2.22. The Labute approximate surface area is 118 Å². The van der Waals surface area contributed by atoms with E-state index in [1.165, 1.54) is 6.92 Å². The summed E-state index contributed by atoms with van der Waals surface area (Å²) < 4.78 is 5.57. The van der Waals surface area contributed by atoms with Crippen LogP contribution < -0.4 is 4.74 Å². The average Bonchev–Trinajstić information content (AvgIpc) is 2.70. The van der Waals surface area contributed by atoms with Gasteiger partial charge >= 0.3 is 0 Å². The first-order valence-corrected chi connectivity index (χ1v) is 6.86. The molecule has 0 saturated carbocycles. The highest BCUT2D eigenvalue weighted by atomic mass is 16.5. The molecule has 1 saturated heterocycles. The van der Waals surface area contributed by atoms with Crippen molar-refractivity contribution in [2.75, 3.05) is 19.7 Å². The third-order valence-corrected chi connectivity index (χ3v) is 3.50. The highest BCUT2D eigenvalue weighted by molar-refractivity contribution is 5.94. The van der Waals surface area contributed by atoms with Crippen molar-refractivity contribution < 1.29 is 19.7 Å². The number of likely N-dealkylation sites (tertiary alicyclic amines) is 1. The van der Waals surface area contributed by atoms with Crippen LogP contribution in [0.25, 0.3) is 0 Å². The minimum atomic E-state index is -0.707. The van der Waals surface area contributed by atoms with Crippen molar-refractivity contribution in [1.82, 2.24) is 4.90 Å². The van der Waals surface area contributed by atoms with E-state index in [0.717, 1.165) is 11.3 Å². The number of rotatable bonds is 5. The molecule has 110 valence electrons. The van der Waals surface area contributed by atoms with Gasteiger partial charge in [-0.15, -0.1) is 0 Å². The number of aliphatic hydroxyl groups is 2. The van der Waals surface area contributed by atoms with E-state index in [0.29, 0.717) is 31.8 Å². The Kier molecular flexibility index (Phi) is 4.75. The van der Waals surface area contributed by atoms with Gasteiger partial charge in [0.2, 0.25) is 0 Å². The van der Waals surface area contributed by atoms with Gasteiger partial charge in [0.1, 0.15) is 5.75 Å². The van der Waals surface area contributed by atoms with Crippen LogP contribution in [0, 0.1) is 0 Å². The van der Waals surface area contributed by atoms with Gasteiger partial charge in [0.25, 0.3) is 0 Å². The highest BCUT2D eigenvalue weighted by Gasteiger charge is 2.29. The first-order valence-electron chi connectivity index (χ1n) is 6.86. The van der Waals surface area contributed by atoms with Gasteiger partial charge in [-0.2, -0.15) is 0 Å². The van der Waals surface area contributed by atoms with Gasteiger partial charge in [0.05, 0.1) is 18.8 Å². The summed E-state index contributed by atoms with van der Waals surface area (Å²) in [5.74, 6) is 0.754. The molecule has 0 spiro atoms. The molecule has 5 nitrogen and oxygen atoms in total. The summed E-state index contributed by atoms with van der Waals surface area (Å²) in [5.41, 5.74) is 1.55. The summed E-state index contributed by atoms with van der Waals surface area (Å²) in [6.45, 7) is 5.39. The Balaban J connectivity index is 2.19. The highest BCUT2D eigenvalue weighted by Crippen LogP contribution is 2.24. The first kappa shape index (κ1) is 15.0. The third-order valence-electron chi connectivity index (χ3n) is 3.50. The van der Waals surface area contributed by atoms with Crippen molar-refractivity contribution in [3.05, 3.63) is 29.3 Å². The van der Waals surface area contributed by atoms with Crippen molar-refractivity contribution in [3.8, 4) is 5.75 Å². The molecule has 2 rings (SSSR count). The number of aliphatic hydroxyl groups excluding tert-OH is 2. The molecule has 1 aromatic rings. The van der Waals surface area contributed by atoms with Crippen LogP contribution in [0.2, 0.25) is 0 Å². The van der Waals surface area contributed by atoms with Crippen LogP contribution in [-0.4, -0.2) is 52.8 Å². The lowest BCUT2D eigenvalue weighted by molar-refractivity contribution is 0.0572. The minimum Gasteiger partial charge on any atom is -0.494 e. The number of carbonyl (C=O) groups excluding carboxylic acids is 1. The second kappa shape index (κ2) is 6.35. The maximum Gasteiger partial charge on any atom is 0.159 e. The number of hydrogen-bond donors (Lipinski definition) is 2. The molecule has 0 bridgehead atoms. The van der Waals surface area contributed by atoms with Crippen molar-refractivity contribution in [1.29, 1.82) is 0 Å². The summed E-state index contributed by atoms with van der Waals surface area (Å²) >= 11 is 0. The first-order chi connectivity index (χ1) is 9.51. The van der Waals surface area contributed by atoms with Gasteiger partial charge in [-0.3, -0.25) is 9.69 Å². The third kappa shape index (κ3) is 3.36. The quantitative estimate of drug-likeness (QED) is 0.781. The van der Waals surface area contributed by atoms with Gasteiger partial charge in [-0.1, -0.05) is 0 Å². The molecule has 1 aliphatic rings. The van der Waals surface area contributed by atoms with Gasteiger partial charge in [-0.05, 0) is 32.0 Å². The van der Waals surface area contributed by atoms with Crippen molar-refractivity contribution >= 4 is 5.78 Å². The molecule has 2 N–H and O–H groups in total. The number of nitrogens with zero attached hydrogens (tertiary/aromatic N) is 1. The summed E-state index contributed by atoms with van der Waals surface area (Å²) in [7, 11) is 0. The van der Waals surface area contributed by atoms with Crippen LogP contribution in [0.3, 0.4) is 0 Å². The average molecular weight is 279 g/mol. The normalized spacial score (nSPS) is 23.0. The molecule has 1 aromatic carbocycles. The fourth-order valence-electron chi connectivity index (χ4n) is 2.44. The topological polar surface area (TPSA) is 70.0 Å². The molecular weight excluding hydrogens is 258 g/mol. The number of carbonyl (C=O) groups is 1. The van der Waals surface area contributed by atoms with E-state index in [2.05, 4.69) is 0 Å². The molecule has 2 atom stereocenters. The Morgan fingerprint density at radius 1 is 1.35 bits per heavy atom. The zero-order valence-electron chi connectivity index (χ0n) is 11.9. The Morgan fingerprint density at radius 2 is 2.00 bits per heavy atom. The van der Waals surface area contributed by atoms with Crippen LogP contribution in [0.5, 0.6) is 5.75 Å². The van der Waals surface area contributed by atoms with Crippen LogP contribution in [0.4, 0.5) is 0 Å². The molecular formula is C15H21NO4. The Hall–Kier alpha value is -1.43. The van der Waals surface area contributed by atoms with E-state index in [9.17, 15) is 15.0 Å². The molecule has 5 heteroatoms. The molecule has 1 aliphatic heterocycles. The van der Waals surface area contributed by atoms with E-state index >= 15 is 0 Å². The number of hydrogen-bond acceptors (Lipinski definition) is 5. The number of β-amino-alcohol motifs (C(OH)–C–C–N with tert-alkyl or cyclic N) is 2. The second-order valence-electron chi connectivity index (χ2n) is 5.14. The zero-order chi connectivity index (χ0) is 14.7. The number of ether oxygens (including phenoxy) is 1. The van der Waals surface area contributed by atoms with Gasteiger partial charge in [-0.25, -0.2) is 0 Å². The second-order valence-corrected chi connectivity index (χ2v) is 5.14. The van der Waals surface area contributed by atoms with E-state index in [4.69, 9.17) is 4.74 Å². The fraction of sp³-hybridized carbons (Fsp3) is 0.533. The van der Waals surface area contributed by atoms with E-state index in [1.807, 2.05) is 17.9 Å². The maximum absolute atomic E-state index is 11.5. The van der Waals surface area contributed by atoms with Gasteiger partial charge in [0, 0.05) is 30.8 Å². The van der Waals surface area contributed by atoms with Crippen LogP contribution in [-0.2, 0) is 6.54 Å². The van der Waals surface area contributed by atoms with Crippen molar-refractivity contribution in [2.24, 2.45) is 0 Å². The molecule has 0 aromatic heterocycles. The van der Waals surface area contributed by atoms with Crippen molar-refractivity contribution in [2.45, 2.75) is 32.6 Å². The zero-order valence-corrected chi connectivity index (χ0v) is 11.9. The molecule has 0 amide bonds. The lowest BCUT2D eigenvalue weighted by Gasteiger charge is -2.18. The number of ketones is 1. The summed E-state index contributed by atoms with van der Waals surface area (Å²) in [6.07, 6.45) is -1.41. The molecule has 0 aliphatic carbocycles. The van der Waals surface area contributed by atoms with E-state index in [1.54, 1.807) is 12.1 Å². The molecule has 20 heavy (non-hydrogen) atoms. The summed E-state index contributed by atoms with van der Waals surface area (Å²) in [6, 6.07) is 5.38. The number of Topliss-reactive ketones (excluding diaryl/α,β-unsaturated/α-hetero) is 1. The SMILES string of the molecule is CCOc1ccc(C(C)=O)cc1CN1C[C@@H](O)[C@@H](O)C1. The fourth-order valence-corrected chi connectivity index (χ4v) is 2.44. The summed E-state index contributed by atoms with van der Waals surface area (Å²) in [4.78, 5) is 13.4. The molecule has 1 heterocycles. The Bertz CT molecular complexity index is 479. The van der Waals surface area contributed by atoms with Crippen molar-refractivity contribution in [3.63, 3.8) is 0 Å². The monoisotopic (exact) mass is 279 g/mol. The molecule has 1 fully saturated rings. The lowest BCUT2D eigenvalue weighted by atomic mass is 10.1. The van der Waals surface area contributed by atoms with Crippen LogP contribution >= 0.6 is 0 Å². The number of benzene rings is 1. The minimum absolute atomic E-state index is 0.00999. The molecule has 0 radical (unpaired) electrons. The smallest absolute Gasteiger partial charge is 0.159 e. The predicted molar refractivity (Wildman–Crippen MR) is 74.9 cm³/mol. The predicted octanol–water partition coefficient (Wildman–Crippen LogP) is 0.825. The van der Waals surface area contributed by atoms with E-state index < -0.39 is 12.2 Å². The van der Waals surface area contributed by atoms with Gasteiger partial charge in [0.15, 0.2) is 5.78 Å². The largest absolute Gasteiger partial charge is 0.494 e. The van der Waals surface area contributed by atoms with E-state index in [-0.39, 0.29) is 5.78 Å². The summed E-state index contributed by atoms with van der Waals surface area (Å²) in [5, 5.41) is 19.2. The standard InChI is InChI=1S/C15H21NO4/c1-3-20-15-5-4-11(10(2)17)6-12(15)7-16-8-13(18)14(19)9-16/h4-6,13-14,18-19H,3,7-9H2,1-2H3/t13-,14+. The molecule has 0 unspecified atom stereocenters. The van der Waals surface area contributed by atoms with Crippen LogP contribution in [0.15, 0.2) is 18.2 Å². The Morgan fingerprint density at radius 3 is 2.55 bits per heavy atom.